The highest BCUT2D eigenvalue weighted by Gasteiger charge is 2.19. The van der Waals surface area contributed by atoms with E-state index in [9.17, 15) is 5.11 Å². The lowest BCUT2D eigenvalue weighted by Crippen LogP contribution is -2.04. The lowest BCUT2D eigenvalue weighted by Gasteiger charge is -2.17. The standard InChI is InChI=1S/C16H24O3/c1-18-13-8-9-14(16(11-13)19-2)15(17)10-7-12-5-3-4-6-12/h8-9,11-12,15,17H,3-7,10H2,1-2H3. The van der Waals surface area contributed by atoms with Gasteiger partial charge in [-0.15, -0.1) is 0 Å². The molecule has 1 atom stereocenters. The number of aliphatic hydroxyl groups excluding tert-OH is 1. The van der Waals surface area contributed by atoms with Crippen LogP contribution in [0.1, 0.15) is 50.2 Å². The van der Waals surface area contributed by atoms with E-state index < -0.39 is 6.10 Å². The molecule has 1 aromatic rings. The Morgan fingerprint density at radius 2 is 1.95 bits per heavy atom. The minimum absolute atomic E-state index is 0.443. The summed E-state index contributed by atoms with van der Waals surface area (Å²) in [6.45, 7) is 0. The first-order valence-electron chi connectivity index (χ1n) is 7.14. The van der Waals surface area contributed by atoms with Crippen molar-refractivity contribution < 1.29 is 14.6 Å². The van der Waals surface area contributed by atoms with Crippen molar-refractivity contribution in [3.63, 3.8) is 0 Å². The average molecular weight is 264 g/mol. The number of aliphatic hydroxyl groups is 1. The molecule has 1 aliphatic rings. The number of ether oxygens (including phenoxy) is 2. The second-order valence-corrected chi connectivity index (χ2v) is 5.35. The van der Waals surface area contributed by atoms with E-state index in [-0.39, 0.29) is 0 Å². The van der Waals surface area contributed by atoms with Gasteiger partial charge in [-0.1, -0.05) is 25.7 Å². The van der Waals surface area contributed by atoms with Crippen molar-refractivity contribution in [1.82, 2.24) is 0 Å². The molecule has 19 heavy (non-hydrogen) atoms. The number of rotatable bonds is 6. The fourth-order valence-corrected chi connectivity index (χ4v) is 2.94. The fourth-order valence-electron chi connectivity index (χ4n) is 2.94. The summed E-state index contributed by atoms with van der Waals surface area (Å²) < 4.78 is 10.5. The van der Waals surface area contributed by atoms with Gasteiger partial charge in [-0.25, -0.2) is 0 Å². The monoisotopic (exact) mass is 264 g/mol. The minimum atomic E-state index is -0.443. The molecule has 1 fully saturated rings. The Morgan fingerprint density at radius 3 is 2.58 bits per heavy atom. The molecule has 0 amide bonds. The molecule has 0 bridgehead atoms. The molecule has 106 valence electrons. The molecular weight excluding hydrogens is 240 g/mol. The summed E-state index contributed by atoms with van der Waals surface area (Å²) in [6, 6.07) is 5.60. The Kier molecular flexibility index (Phi) is 5.08. The first kappa shape index (κ1) is 14.2. The fraction of sp³-hybridized carbons (Fsp3) is 0.625. The molecule has 1 unspecified atom stereocenters. The van der Waals surface area contributed by atoms with Crippen LogP contribution in [0.25, 0.3) is 0 Å². The molecular formula is C16H24O3. The van der Waals surface area contributed by atoms with Gasteiger partial charge in [-0.3, -0.25) is 0 Å². The Balaban J connectivity index is 1.98. The van der Waals surface area contributed by atoms with Crippen LogP contribution in [0, 0.1) is 5.92 Å². The number of hydrogen-bond acceptors (Lipinski definition) is 3. The maximum absolute atomic E-state index is 10.3. The van der Waals surface area contributed by atoms with E-state index in [1.165, 1.54) is 25.7 Å². The van der Waals surface area contributed by atoms with Crippen LogP contribution in [0.5, 0.6) is 11.5 Å². The van der Waals surface area contributed by atoms with Gasteiger partial charge in [0, 0.05) is 11.6 Å². The van der Waals surface area contributed by atoms with Crippen molar-refractivity contribution in [2.75, 3.05) is 14.2 Å². The van der Waals surface area contributed by atoms with Crippen LogP contribution in [0.15, 0.2) is 18.2 Å². The molecule has 3 heteroatoms. The third-order valence-corrected chi connectivity index (χ3v) is 4.12. The van der Waals surface area contributed by atoms with E-state index in [1.54, 1.807) is 14.2 Å². The quantitative estimate of drug-likeness (QED) is 0.851. The van der Waals surface area contributed by atoms with Gasteiger partial charge in [0.1, 0.15) is 11.5 Å². The maximum atomic E-state index is 10.3. The van der Waals surface area contributed by atoms with Crippen molar-refractivity contribution in [2.24, 2.45) is 5.92 Å². The number of methoxy groups -OCH3 is 2. The first-order valence-corrected chi connectivity index (χ1v) is 7.14. The van der Waals surface area contributed by atoms with Gasteiger partial charge < -0.3 is 14.6 Å². The highest BCUT2D eigenvalue weighted by Crippen LogP contribution is 2.35. The second-order valence-electron chi connectivity index (χ2n) is 5.35. The molecule has 2 rings (SSSR count). The first-order chi connectivity index (χ1) is 9.24. The lowest BCUT2D eigenvalue weighted by molar-refractivity contribution is 0.153. The number of hydrogen-bond donors (Lipinski definition) is 1. The van der Waals surface area contributed by atoms with Gasteiger partial charge in [0.15, 0.2) is 0 Å². The SMILES string of the molecule is COc1ccc(C(O)CCC2CCCC2)c(OC)c1. The van der Waals surface area contributed by atoms with E-state index >= 15 is 0 Å². The van der Waals surface area contributed by atoms with Crippen LogP contribution >= 0.6 is 0 Å². The van der Waals surface area contributed by atoms with Gasteiger partial charge in [0.05, 0.1) is 20.3 Å². The summed E-state index contributed by atoms with van der Waals surface area (Å²) in [5.74, 6) is 2.26. The van der Waals surface area contributed by atoms with Crippen LogP contribution < -0.4 is 9.47 Å². The molecule has 0 radical (unpaired) electrons. The van der Waals surface area contributed by atoms with Crippen LogP contribution in [0.4, 0.5) is 0 Å². The van der Waals surface area contributed by atoms with Crippen molar-refractivity contribution in [2.45, 2.75) is 44.6 Å². The smallest absolute Gasteiger partial charge is 0.128 e. The van der Waals surface area contributed by atoms with Gasteiger partial charge >= 0.3 is 0 Å². The van der Waals surface area contributed by atoms with E-state index in [2.05, 4.69) is 0 Å². The average Bonchev–Trinajstić information content (AvgIpc) is 2.97. The van der Waals surface area contributed by atoms with Crippen molar-refractivity contribution >= 4 is 0 Å². The Hall–Kier alpha value is -1.22. The topological polar surface area (TPSA) is 38.7 Å². The highest BCUT2D eigenvalue weighted by molar-refractivity contribution is 5.41. The molecule has 0 aliphatic heterocycles. The molecule has 0 spiro atoms. The second kappa shape index (κ2) is 6.80. The molecule has 1 N–H and O–H groups in total. The predicted molar refractivity (Wildman–Crippen MR) is 75.7 cm³/mol. The van der Waals surface area contributed by atoms with Crippen LogP contribution in [-0.4, -0.2) is 19.3 Å². The third kappa shape index (κ3) is 3.63. The van der Waals surface area contributed by atoms with Crippen LogP contribution in [-0.2, 0) is 0 Å². The third-order valence-electron chi connectivity index (χ3n) is 4.12. The van der Waals surface area contributed by atoms with Gasteiger partial charge in [-0.05, 0) is 30.9 Å². The molecule has 1 aromatic carbocycles. The normalized spacial score (nSPS) is 17.4. The Morgan fingerprint density at radius 1 is 1.21 bits per heavy atom. The molecule has 3 nitrogen and oxygen atoms in total. The number of benzene rings is 1. The molecule has 0 heterocycles. The summed E-state index contributed by atoms with van der Waals surface area (Å²) in [4.78, 5) is 0. The molecule has 0 aromatic heterocycles. The van der Waals surface area contributed by atoms with E-state index in [4.69, 9.17) is 9.47 Å². The highest BCUT2D eigenvalue weighted by atomic mass is 16.5. The predicted octanol–water partition coefficient (Wildman–Crippen LogP) is 3.71. The summed E-state index contributed by atoms with van der Waals surface area (Å²) in [5.41, 5.74) is 0.862. The summed E-state index contributed by atoms with van der Waals surface area (Å²) >= 11 is 0. The molecule has 1 saturated carbocycles. The van der Waals surface area contributed by atoms with Gasteiger partial charge in [-0.2, -0.15) is 0 Å². The van der Waals surface area contributed by atoms with E-state index in [0.29, 0.717) is 5.75 Å². The zero-order valence-electron chi connectivity index (χ0n) is 11.9. The van der Waals surface area contributed by atoms with Crippen molar-refractivity contribution in [3.8, 4) is 11.5 Å². The van der Waals surface area contributed by atoms with Crippen LogP contribution in [0.3, 0.4) is 0 Å². The Labute approximate surface area is 115 Å². The van der Waals surface area contributed by atoms with E-state index in [1.807, 2.05) is 18.2 Å². The molecule has 0 saturated heterocycles. The van der Waals surface area contributed by atoms with Crippen molar-refractivity contribution in [3.05, 3.63) is 23.8 Å². The van der Waals surface area contributed by atoms with E-state index in [0.717, 1.165) is 30.1 Å². The van der Waals surface area contributed by atoms with Crippen LogP contribution in [0.2, 0.25) is 0 Å². The largest absolute Gasteiger partial charge is 0.497 e. The van der Waals surface area contributed by atoms with Crippen molar-refractivity contribution in [1.29, 1.82) is 0 Å². The molecule has 1 aliphatic carbocycles. The zero-order chi connectivity index (χ0) is 13.7. The zero-order valence-corrected chi connectivity index (χ0v) is 11.9. The summed E-state index contributed by atoms with van der Waals surface area (Å²) in [6.07, 6.45) is 6.84. The maximum Gasteiger partial charge on any atom is 0.128 e. The summed E-state index contributed by atoms with van der Waals surface area (Å²) in [7, 11) is 3.26. The Bertz CT molecular complexity index is 397. The van der Waals surface area contributed by atoms with Gasteiger partial charge in [0.25, 0.3) is 0 Å². The summed E-state index contributed by atoms with van der Waals surface area (Å²) in [5, 5.41) is 10.3. The lowest BCUT2D eigenvalue weighted by atomic mass is 9.96. The van der Waals surface area contributed by atoms with Gasteiger partial charge in [0.2, 0.25) is 0 Å². The minimum Gasteiger partial charge on any atom is -0.497 e.